The highest BCUT2D eigenvalue weighted by Gasteiger charge is 2.29. The molecule has 0 spiro atoms. The molecule has 0 aromatic heterocycles. The predicted octanol–water partition coefficient (Wildman–Crippen LogP) is 1.11. The number of carbonyl (C=O) groups is 1. The van der Waals surface area contributed by atoms with Gasteiger partial charge in [0.1, 0.15) is 0 Å². The highest BCUT2D eigenvalue weighted by molar-refractivity contribution is 7.90. The van der Waals surface area contributed by atoms with Crippen molar-refractivity contribution in [3.05, 3.63) is 35.4 Å². The van der Waals surface area contributed by atoms with Crippen molar-refractivity contribution < 1.29 is 22.3 Å². The molecule has 1 atom stereocenters. The number of nitrogens with one attached hydrogen (secondary N) is 1. The van der Waals surface area contributed by atoms with Crippen molar-refractivity contribution in [2.24, 2.45) is 0 Å². The van der Waals surface area contributed by atoms with Crippen LogP contribution in [0.25, 0.3) is 0 Å². The highest BCUT2D eigenvalue weighted by atomic mass is 32.2. The fraction of sp³-hybridized carbons (Fsp3) is 0.462. The van der Waals surface area contributed by atoms with E-state index in [0.29, 0.717) is 18.6 Å². The van der Waals surface area contributed by atoms with Gasteiger partial charge in [-0.1, -0.05) is 24.3 Å². The lowest BCUT2D eigenvalue weighted by atomic mass is 9.97. The van der Waals surface area contributed by atoms with E-state index in [9.17, 15) is 17.6 Å². The maximum atomic E-state index is 12.0. The molecule has 1 aliphatic rings. The second kappa shape index (κ2) is 6.32. The maximum absolute atomic E-state index is 12.0. The number of fused-ring (bicyclic) bond motifs is 1. The molecule has 0 radical (unpaired) electrons. The normalized spacial score (nSPS) is 18.4. The van der Waals surface area contributed by atoms with E-state index in [-0.39, 0.29) is 6.42 Å². The minimum atomic E-state index is -3.81. The van der Waals surface area contributed by atoms with Crippen LogP contribution in [0.3, 0.4) is 0 Å². The van der Waals surface area contributed by atoms with Gasteiger partial charge in [0, 0.05) is 0 Å². The Morgan fingerprint density at radius 1 is 1.40 bits per heavy atom. The summed E-state index contributed by atoms with van der Waals surface area (Å²) in [6.45, 7) is -0.377. The summed E-state index contributed by atoms with van der Waals surface area (Å²) in [5.74, 6) is -1.14. The quantitative estimate of drug-likeness (QED) is 0.884. The van der Waals surface area contributed by atoms with Crippen LogP contribution in [0.2, 0.25) is 0 Å². The van der Waals surface area contributed by atoms with Crippen LogP contribution in [-0.2, 0) is 26.0 Å². The minimum Gasteiger partial charge on any atom is -0.363 e. The van der Waals surface area contributed by atoms with Crippen LogP contribution in [0.4, 0.5) is 4.39 Å². The number of hydrogen-bond acceptors (Lipinski definition) is 4. The van der Waals surface area contributed by atoms with Crippen LogP contribution in [-0.4, -0.2) is 33.4 Å². The Kier molecular flexibility index (Phi) is 4.72. The third kappa shape index (κ3) is 3.55. The molecule has 1 amide bonds. The molecule has 2 rings (SSSR count). The molecule has 1 aromatic rings. The zero-order valence-electron chi connectivity index (χ0n) is 10.8. The van der Waals surface area contributed by atoms with Crippen molar-refractivity contribution in [1.82, 2.24) is 4.72 Å². The number of carbonyl (C=O) groups excluding carboxylic acids is 1. The molecule has 0 fully saturated rings. The third-order valence-electron chi connectivity index (χ3n) is 3.03. The lowest BCUT2D eigenvalue weighted by Crippen LogP contribution is -2.38. The van der Waals surface area contributed by atoms with Gasteiger partial charge in [-0.25, -0.2) is 8.42 Å². The van der Waals surface area contributed by atoms with Gasteiger partial charge in [0.25, 0.3) is 5.91 Å². The number of rotatable bonds is 5. The van der Waals surface area contributed by atoms with Crippen LogP contribution < -0.4 is 4.72 Å². The first-order chi connectivity index (χ1) is 9.53. The van der Waals surface area contributed by atoms with E-state index in [1.807, 2.05) is 16.9 Å². The highest BCUT2D eigenvalue weighted by Crippen LogP contribution is 2.27. The Morgan fingerprint density at radius 3 is 2.90 bits per heavy atom. The largest absolute Gasteiger partial charge is 0.363 e. The molecule has 5 nitrogen and oxygen atoms in total. The van der Waals surface area contributed by atoms with Crippen LogP contribution >= 0.6 is 0 Å². The van der Waals surface area contributed by atoms with Gasteiger partial charge in [-0.15, -0.1) is 0 Å². The maximum Gasteiger partial charge on any atom is 0.267 e. The van der Waals surface area contributed by atoms with Gasteiger partial charge in [0.05, 0.1) is 19.0 Å². The second-order valence-corrected chi connectivity index (χ2v) is 6.37. The number of ether oxygens (including phenoxy) is 1. The summed E-state index contributed by atoms with van der Waals surface area (Å²) in [5.41, 5.74) is 1.65. The Bertz CT molecular complexity index is 588. The van der Waals surface area contributed by atoms with Gasteiger partial charge >= 0.3 is 0 Å². The number of hydrogen-bond donors (Lipinski definition) is 1. The van der Waals surface area contributed by atoms with Crippen molar-refractivity contribution in [2.75, 3.05) is 19.0 Å². The first kappa shape index (κ1) is 14.9. The summed E-state index contributed by atoms with van der Waals surface area (Å²) in [4.78, 5) is 12.0. The van der Waals surface area contributed by atoms with Crippen LogP contribution in [0.5, 0.6) is 0 Å². The zero-order valence-corrected chi connectivity index (χ0v) is 11.7. The summed E-state index contributed by atoms with van der Waals surface area (Å²) in [6.07, 6.45) is -0.376. The monoisotopic (exact) mass is 301 g/mol. The molecule has 7 heteroatoms. The van der Waals surface area contributed by atoms with Crippen molar-refractivity contribution in [3.8, 4) is 0 Å². The number of benzene rings is 1. The molecular formula is C13H16FNO4S. The van der Waals surface area contributed by atoms with Gasteiger partial charge in [-0.3, -0.25) is 13.9 Å². The zero-order chi connectivity index (χ0) is 14.6. The third-order valence-corrected chi connectivity index (χ3v) is 4.37. The summed E-state index contributed by atoms with van der Waals surface area (Å²) in [6, 6.07) is 7.26. The van der Waals surface area contributed by atoms with Gasteiger partial charge in [-0.05, 0) is 24.0 Å². The van der Waals surface area contributed by atoms with E-state index >= 15 is 0 Å². The molecule has 20 heavy (non-hydrogen) atoms. The minimum absolute atomic E-state index is 0.134. The summed E-state index contributed by atoms with van der Waals surface area (Å²) in [7, 11) is -3.81. The fourth-order valence-electron chi connectivity index (χ4n) is 2.11. The Hall–Kier alpha value is -1.47. The molecule has 110 valence electrons. The van der Waals surface area contributed by atoms with Crippen LogP contribution in [0.15, 0.2) is 24.3 Å². The summed E-state index contributed by atoms with van der Waals surface area (Å²) in [5, 5.41) is 0. The number of halogens is 1. The van der Waals surface area contributed by atoms with Crippen molar-refractivity contribution in [1.29, 1.82) is 0 Å². The standard InChI is InChI=1S/C13H16FNO4S/c14-7-3-9-20(17,18)15-13(16)12-11-5-2-1-4-10(11)6-8-19-12/h1-2,4-5,12H,3,6-9H2,(H,15,16). The molecule has 0 bridgehead atoms. The Labute approximate surface area is 117 Å². The van der Waals surface area contributed by atoms with Gasteiger partial charge in [-0.2, -0.15) is 0 Å². The van der Waals surface area contributed by atoms with Gasteiger partial charge in [0.2, 0.25) is 10.0 Å². The fourth-order valence-corrected chi connectivity index (χ4v) is 3.12. The van der Waals surface area contributed by atoms with Crippen LogP contribution in [0.1, 0.15) is 23.7 Å². The van der Waals surface area contributed by atoms with Crippen molar-refractivity contribution in [3.63, 3.8) is 0 Å². The lowest BCUT2D eigenvalue weighted by Gasteiger charge is -2.25. The van der Waals surface area contributed by atoms with E-state index in [1.165, 1.54) is 0 Å². The molecule has 1 N–H and O–H groups in total. The van der Waals surface area contributed by atoms with E-state index < -0.39 is 34.5 Å². The number of sulfonamides is 1. The predicted molar refractivity (Wildman–Crippen MR) is 71.4 cm³/mol. The second-order valence-electron chi connectivity index (χ2n) is 4.53. The van der Waals surface area contributed by atoms with Crippen molar-refractivity contribution >= 4 is 15.9 Å². The SMILES string of the molecule is O=C(NS(=O)(=O)CCCF)C1OCCc2ccccc21. The molecule has 0 saturated heterocycles. The average molecular weight is 301 g/mol. The Balaban J connectivity index is 2.11. The average Bonchev–Trinajstić information content (AvgIpc) is 2.44. The molecule has 1 heterocycles. The van der Waals surface area contributed by atoms with Crippen LogP contribution in [0, 0.1) is 0 Å². The van der Waals surface area contributed by atoms with E-state index in [0.717, 1.165) is 5.56 Å². The first-order valence-electron chi connectivity index (χ1n) is 6.33. The molecule has 1 aromatic carbocycles. The van der Waals surface area contributed by atoms with E-state index in [2.05, 4.69) is 0 Å². The van der Waals surface area contributed by atoms with Gasteiger partial charge < -0.3 is 4.74 Å². The van der Waals surface area contributed by atoms with E-state index in [1.54, 1.807) is 12.1 Å². The van der Waals surface area contributed by atoms with E-state index in [4.69, 9.17) is 4.74 Å². The molecule has 0 aliphatic carbocycles. The Morgan fingerprint density at radius 2 is 2.15 bits per heavy atom. The molecular weight excluding hydrogens is 285 g/mol. The molecule has 1 aliphatic heterocycles. The lowest BCUT2D eigenvalue weighted by molar-refractivity contribution is -0.132. The smallest absolute Gasteiger partial charge is 0.267 e. The molecule has 0 saturated carbocycles. The summed E-state index contributed by atoms with van der Waals surface area (Å²) >= 11 is 0. The first-order valence-corrected chi connectivity index (χ1v) is 7.98. The summed E-state index contributed by atoms with van der Waals surface area (Å²) < 4.78 is 42.5. The molecule has 1 unspecified atom stereocenters. The van der Waals surface area contributed by atoms with Crippen molar-refractivity contribution in [2.45, 2.75) is 18.9 Å². The number of amides is 1. The topological polar surface area (TPSA) is 72.5 Å². The number of alkyl halides is 1. The van der Waals surface area contributed by atoms with Gasteiger partial charge in [0.15, 0.2) is 6.10 Å².